The summed E-state index contributed by atoms with van der Waals surface area (Å²) >= 11 is 3.81. The van der Waals surface area contributed by atoms with Crippen LogP contribution < -0.4 is 4.57 Å². The average molecular weight is 347 g/mol. The minimum absolute atomic E-state index is 1.32. The zero-order chi connectivity index (χ0) is 16.3. The highest BCUT2D eigenvalue weighted by Gasteiger charge is 2.24. The van der Waals surface area contributed by atoms with Gasteiger partial charge in [-0.2, -0.15) is 4.57 Å². The maximum Gasteiger partial charge on any atom is 0.281 e. The molecule has 0 amide bonds. The molecule has 0 aliphatic rings. The zero-order valence-electron chi connectivity index (χ0n) is 13.5. The van der Waals surface area contributed by atoms with E-state index >= 15 is 0 Å². The Balaban J connectivity index is 1.86. The smallest absolute Gasteiger partial charge is 0.175 e. The summed E-state index contributed by atoms with van der Waals surface area (Å²) in [6, 6.07) is 22.0. The number of aryl methyl sites for hydroxylation is 2. The fraction of sp³-hybridized carbons (Fsp3) is 0.0952. The molecule has 0 saturated heterocycles. The number of hydrogen-bond acceptors (Lipinski definition) is 2. The van der Waals surface area contributed by atoms with E-state index in [9.17, 15) is 0 Å². The molecule has 24 heavy (non-hydrogen) atoms. The predicted molar refractivity (Wildman–Crippen MR) is 106 cm³/mol. The second-order valence-corrected chi connectivity index (χ2v) is 8.24. The molecule has 0 N–H and O–H groups in total. The van der Waals surface area contributed by atoms with Crippen LogP contribution in [0.2, 0.25) is 0 Å². The molecule has 116 valence electrons. The lowest BCUT2D eigenvalue weighted by Crippen LogP contribution is -2.27. The molecule has 0 bridgehead atoms. The molecule has 0 aliphatic heterocycles. The van der Waals surface area contributed by atoms with Gasteiger partial charge in [0, 0.05) is 10.1 Å². The molecular weight excluding hydrogens is 330 g/mol. The van der Waals surface area contributed by atoms with Crippen molar-refractivity contribution in [2.75, 3.05) is 0 Å². The Labute approximate surface area is 148 Å². The van der Waals surface area contributed by atoms with Crippen molar-refractivity contribution < 1.29 is 4.57 Å². The molecule has 5 rings (SSSR count). The van der Waals surface area contributed by atoms with Crippen LogP contribution in [0.15, 0.2) is 60.7 Å². The zero-order valence-corrected chi connectivity index (χ0v) is 15.2. The molecule has 1 nitrogen and oxygen atoms in total. The van der Waals surface area contributed by atoms with E-state index in [4.69, 9.17) is 0 Å². The largest absolute Gasteiger partial charge is 0.281 e. The first kappa shape index (κ1) is 14.1. The summed E-state index contributed by atoms with van der Waals surface area (Å²) in [4.78, 5) is 1.36. The molecule has 3 aromatic carbocycles. The fourth-order valence-corrected chi connectivity index (χ4v) is 6.10. The third-order valence-corrected chi connectivity index (χ3v) is 7.34. The van der Waals surface area contributed by atoms with Crippen molar-refractivity contribution in [1.82, 2.24) is 0 Å². The van der Waals surface area contributed by atoms with Crippen molar-refractivity contribution in [3.05, 3.63) is 66.2 Å². The Kier molecular flexibility index (Phi) is 3.02. The molecule has 5 aromatic rings. The highest BCUT2D eigenvalue weighted by molar-refractivity contribution is 7.32. The lowest BCUT2D eigenvalue weighted by Gasteiger charge is -1.99. The van der Waals surface area contributed by atoms with Crippen LogP contribution in [0.3, 0.4) is 0 Å². The summed E-state index contributed by atoms with van der Waals surface area (Å²) in [6.45, 7) is 2.19. The monoisotopic (exact) mass is 346 g/mol. The molecule has 2 heterocycles. The Morgan fingerprint density at radius 1 is 0.833 bits per heavy atom. The third kappa shape index (κ3) is 1.95. The lowest BCUT2D eigenvalue weighted by atomic mass is 10.1. The van der Waals surface area contributed by atoms with E-state index in [1.165, 1.54) is 46.5 Å². The first-order valence-corrected chi connectivity index (χ1v) is 9.65. The van der Waals surface area contributed by atoms with E-state index in [2.05, 4.69) is 79.2 Å². The Bertz CT molecular complexity index is 1230. The SMILES string of the molecule is Cc1ccccc1-c1sc2c3cc4ccccc4cc3sc2[n+]1C. The van der Waals surface area contributed by atoms with E-state index < -0.39 is 0 Å². The van der Waals surface area contributed by atoms with E-state index in [-0.39, 0.29) is 0 Å². The van der Waals surface area contributed by atoms with Gasteiger partial charge in [-0.05, 0) is 41.5 Å². The van der Waals surface area contributed by atoms with Crippen molar-refractivity contribution >= 4 is 53.1 Å². The third-order valence-electron chi connectivity index (χ3n) is 4.68. The van der Waals surface area contributed by atoms with Crippen molar-refractivity contribution in [1.29, 1.82) is 0 Å². The lowest BCUT2D eigenvalue weighted by molar-refractivity contribution is -0.627. The van der Waals surface area contributed by atoms with Crippen molar-refractivity contribution in [2.45, 2.75) is 6.92 Å². The van der Waals surface area contributed by atoms with E-state index in [1.807, 2.05) is 22.7 Å². The quantitative estimate of drug-likeness (QED) is 0.324. The maximum absolute atomic E-state index is 2.36. The molecule has 0 unspecified atom stereocenters. The summed E-state index contributed by atoms with van der Waals surface area (Å²) in [7, 11) is 2.19. The number of benzene rings is 3. The second-order valence-electron chi connectivity index (χ2n) is 6.21. The second kappa shape index (κ2) is 5.13. The highest BCUT2D eigenvalue weighted by atomic mass is 32.1. The number of thiophene rings is 1. The Morgan fingerprint density at radius 3 is 2.33 bits per heavy atom. The first-order chi connectivity index (χ1) is 11.7. The predicted octanol–water partition coefficient (Wildman–Crippen LogP) is 6.07. The van der Waals surface area contributed by atoms with Crippen molar-refractivity contribution in [3.8, 4) is 10.6 Å². The van der Waals surface area contributed by atoms with Crippen LogP contribution in [0.5, 0.6) is 0 Å². The van der Waals surface area contributed by atoms with Gasteiger partial charge < -0.3 is 0 Å². The molecule has 0 saturated carbocycles. The van der Waals surface area contributed by atoms with Gasteiger partial charge in [0.05, 0.1) is 5.56 Å². The number of fused-ring (bicyclic) bond motifs is 4. The van der Waals surface area contributed by atoms with Crippen LogP contribution in [0, 0.1) is 6.92 Å². The van der Waals surface area contributed by atoms with Gasteiger partial charge in [-0.3, -0.25) is 0 Å². The molecule has 2 aromatic heterocycles. The highest BCUT2D eigenvalue weighted by Crippen LogP contribution is 2.41. The Morgan fingerprint density at radius 2 is 1.54 bits per heavy atom. The van der Waals surface area contributed by atoms with Gasteiger partial charge in [-0.1, -0.05) is 65.1 Å². The minimum Gasteiger partial charge on any atom is -0.175 e. The van der Waals surface area contributed by atoms with Crippen LogP contribution in [-0.4, -0.2) is 0 Å². The van der Waals surface area contributed by atoms with E-state index in [0.717, 1.165) is 0 Å². The first-order valence-electron chi connectivity index (χ1n) is 8.02. The number of rotatable bonds is 1. The topological polar surface area (TPSA) is 3.88 Å². The molecule has 0 atom stereocenters. The molecule has 3 heteroatoms. The molecule has 0 spiro atoms. The number of thiazole rings is 1. The van der Waals surface area contributed by atoms with Crippen LogP contribution in [0.1, 0.15) is 5.56 Å². The Hall–Kier alpha value is -2.23. The van der Waals surface area contributed by atoms with Crippen LogP contribution in [0.4, 0.5) is 0 Å². The minimum atomic E-state index is 1.32. The summed E-state index contributed by atoms with van der Waals surface area (Å²) in [5, 5.41) is 5.36. The van der Waals surface area contributed by atoms with Gasteiger partial charge in [0.15, 0.2) is 0 Å². The van der Waals surface area contributed by atoms with Gasteiger partial charge in [0.1, 0.15) is 11.7 Å². The molecule has 0 radical (unpaired) electrons. The maximum atomic E-state index is 2.36. The summed E-state index contributed by atoms with van der Waals surface area (Å²) in [6.07, 6.45) is 0. The normalized spacial score (nSPS) is 11.8. The number of hydrogen-bond donors (Lipinski definition) is 0. The number of nitrogens with zero attached hydrogens (tertiary/aromatic N) is 1. The van der Waals surface area contributed by atoms with Gasteiger partial charge in [0.2, 0.25) is 0 Å². The fourth-order valence-electron chi connectivity index (χ4n) is 3.37. The van der Waals surface area contributed by atoms with Crippen molar-refractivity contribution in [2.24, 2.45) is 7.05 Å². The summed E-state index contributed by atoms with van der Waals surface area (Å²) in [5.41, 5.74) is 2.67. The van der Waals surface area contributed by atoms with Crippen LogP contribution in [-0.2, 0) is 7.05 Å². The van der Waals surface area contributed by atoms with Gasteiger partial charge in [-0.15, -0.1) is 0 Å². The van der Waals surface area contributed by atoms with Gasteiger partial charge in [-0.25, -0.2) is 0 Å². The molecule has 0 aliphatic carbocycles. The van der Waals surface area contributed by atoms with E-state index in [1.54, 1.807) is 0 Å². The van der Waals surface area contributed by atoms with Gasteiger partial charge >= 0.3 is 0 Å². The van der Waals surface area contributed by atoms with Crippen LogP contribution >= 0.6 is 22.7 Å². The standard InChI is InChI=1S/C21H16NS2/c1-13-7-3-6-10-16(13)20-22(2)21-19(24-20)17-11-14-8-4-5-9-15(14)12-18(17)23-21/h3-12H,1-2H3/q+1. The average Bonchev–Trinajstić information content (AvgIpc) is 3.10. The van der Waals surface area contributed by atoms with Crippen LogP contribution in [0.25, 0.3) is 41.0 Å². The summed E-state index contributed by atoms with van der Waals surface area (Å²) < 4.78 is 5.14. The van der Waals surface area contributed by atoms with Crippen molar-refractivity contribution in [3.63, 3.8) is 0 Å². The summed E-state index contributed by atoms with van der Waals surface area (Å²) in [5.74, 6) is 0. The van der Waals surface area contributed by atoms with Gasteiger partial charge in [0.25, 0.3) is 9.84 Å². The number of aromatic nitrogens is 1. The molecular formula is C21H16NS2+. The molecule has 0 fully saturated rings. The van der Waals surface area contributed by atoms with E-state index in [0.29, 0.717) is 0 Å².